The molecule has 0 saturated heterocycles. The van der Waals surface area contributed by atoms with Gasteiger partial charge in [-0.3, -0.25) is 0 Å². The Morgan fingerprint density at radius 2 is 1.55 bits per heavy atom. The lowest BCUT2D eigenvalue weighted by Gasteiger charge is -2.13. The van der Waals surface area contributed by atoms with Gasteiger partial charge in [0, 0.05) is 17.7 Å². The standard InChI is InChI=1S/C23H19N3O6S/c1-32-23(27)20-22(33(30,31)19-10-6-3-7-11-19)21(16-8-4-2-5-9-16)25(24-20)17-12-14-18(15-13-17)26(28)29/h2-15,26,28H,1H3. The third-order valence-corrected chi connectivity index (χ3v) is 6.77. The summed E-state index contributed by atoms with van der Waals surface area (Å²) in [4.78, 5) is 12.3. The summed E-state index contributed by atoms with van der Waals surface area (Å²) < 4.78 is 33.6. The highest BCUT2D eigenvalue weighted by molar-refractivity contribution is 7.91. The molecule has 3 aromatic carbocycles. The van der Waals surface area contributed by atoms with Crippen LogP contribution in [0.4, 0.5) is 5.69 Å². The van der Waals surface area contributed by atoms with E-state index in [-0.39, 0.29) is 26.9 Å². The lowest BCUT2D eigenvalue weighted by molar-refractivity contribution is -0.991. The number of aromatic nitrogens is 2. The average Bonchev–Trinajstić information content (AvgIpc) is 3.26. The fourth-order valence-corrected chi connectivity index (χ4v) is 4.98. The Balaban J connectivity index is 2.07. The molecule has 1 unspecified atom stereocenters. The second-order valence-corrected chi connectivity index (χ2v) is 8.85. The van der Waals surface area contributed by atoms with Gasteiger partial charge in [0.1, 0.15) is 4.90 Å². The summed E-state index contributed by atoms with van der Waals surface area (Å²) in [6, 6.07) is 22.1. The van der Waals surface area contributed by atoms with Crippen molar-refractivity contribution < 1.29 is 28.4 Å². The van der Waals surface area contributed by atoms with Crippen LogP contribution in [0.15, 0.2) is 94.7 Å². The molecule has 0 fully saturated rings. The van der Waals surface area contributed by atoms with Gasteiger partial charge in [0.25, 0.3) is 0 Å². The van der Waals surface area contributed by atoms with Crippen molar-refractivity contribution in [3.8, 4) is 16.9 Å². The summed E-state index contributed by atoms with van der Waals surface area (Å²) in [5, 5.41) is 23.7. The van der Waals surface area contributed by atoms with Gasteiger partial charge < -0.3 is 9.94 Å². The Bertz CT molecular complexity index is 1380. The van der Waals surface area contributed by atoms with E-state index in [2.05, 4.69) is 5.10 Å². The first-order chi connectivity index (χ1) is 15.8. The number of nitrogens with one attached hydrogen (secondary N) is 1. The number of methoxy groups -OCH3 is 1. The molecule has 0 amide bonds. The number of benzene rings is 3. The molecule has 33 heavy (non-hydrogen) atoms. The molecule has 1 heterocycles. The van der Waals surface area contributed by atoms with Crippen LogP contribution in [-0.2, 0) is 14.6 Å². The van der Waals surface area contributed by atoms with E-state index in [0.29, 0.717) is 11.3 Å². The number of hydrogen-bond donors (Lipinski definition) is 2. The number of esters is 1. The third-order valence-electron chi connectivity index (χ3n) is 4.95. The smallest absolute Gasteiger partial charge is 0.359 e. The molecule has 10 heteroatoms. The number of carbonyl (C=O) groups excluding carboxylic acids is 1. The molecular formula is C23H19N3O6S. The molecule has 0 bridgehead atoms. The van der Waals surface area contributed by atoms with Gasteiger partial charge in [-0.25, -0.2) is 23.1 Å². The Morgan fingerprint density at radius 3 is 2.09 bits per heavy atom. The van der Waals surface area contributed by atoms with Gasteiger partial charge in [0.05, 0.1) is 23.4 Å². The van der Waals surface area contributed by atoms with Crippen LogP contribution in [0, 0.1) is 5.21 Å². The van der Waals surface area contributed by atoms with Crippen LogP contribution in [0.25, 0.3) is 16.9 Å². The van der Waals surface area contributed by atoms with E-state index in [4.69, 9.17) is 4.74 Å². The zero-order chi connectivity index (χ0) is 23.6. The molecule has 0 radical (unpaired) electrons. The number of carbonyl (C=O) groups is 1. The van der Waals surface area contributed by atoms with Crippen LogP contribution in [0.3, 0.4) is 0 Å². The monoisotopic (exact) mass is 465 g/mol. The second kappa shape index (κ2) is 8.96. The Labute approximate surface area is 189 Å². The first-order valence-corrected chi connectivity index (χ1v) is 11.2. The fraction of sp³-hybridized carbons (Fsp3) is 0.0435. The maximum Gasteiger partial charge on any atom is 0.359 e. The van der Waals surface area contributed by atoms with Crippen LogP contribution in [0.2, 0.25) is 0 Å². The molecule has 4 rings (SSSR count). The van der Waals surface area contributed by atoms with E-state index >= 15 is 0 Å². The molecule has 4 aromatic rings. The second-order valence-electron chi connectivity index (χ2n) is 6.96. The zero-order valence-electron chi connectivity index (χ0n) is 17.4. The molecule has 0 saturated carbocycles. The van der Waals surface area contributed by atoms with Crippen molar-refractivity contribution in [3.63, 3.8) is 0 Å². The van der Waals surface area contributed by atoms with Crippen molar-refractivity contribution in [2.24, 2.45) is 0 Å². The van der Waals surface area contributed by atoms with E-state index in [1.807, 2.05) is 0 Å². The van der Waals surface area contributed by atoms with Crippen LogP contribution >= 0.6 is 0 Å². The van der Waals surface area contributed by atoms with Gasteiger partial charge in [0.15, 0.2) is 11.4 Å². The first kappa shape index (κ1) is 22.4. The SMILES string of the molecule is COC(=O)c1nn(-c2ccc([NH+]([O-])O)cc2)c(-c2ccccc2)c1S(=O)(=O)c1ccccc1. The quantitative estimate of drug-likeness (QED) is 0.331. The summed E-state index contributed by atoms with van der Waals surface area (Å²) in [5.41, 5.74) is 0.707. The topological polar surface area (TPSA) is 126 Å². The van der Waals surface area contributed by atoms with Gasteiger partial charge in [-0.2, -0.15) is 10.3 Å². The van der Waals surface area contributed by atoms with E-state index in [1.165, 1.54) is 41.1 Å². The predicted molar refractivity (Wildman–Crippen MR) is 118 cm³/mol. The molecular weight excluding hydrogens is 446 g/mol. The molecule has 0 spiro atoms. The van der Waals surface area contributed by atoms with E-state index < -0.39 is 21.0 Å². The Morgan fingerprint density at radius 1 is 0.970 bits per heavy atom. The van der Waals surface area contributed by atoms with E-state index in [0.717, 1.165) is 7.11 Å². The first-order valence-electron chi connectivity index (χ1n) is 9.75. The third kappa shape index (κ3) is 4.15. The summed E-state index contributed by atoms with van der Waals surface area (Å²) in [6.07, 6.45) is 0. The minimum atomic E-state index is -4.19. The molecule has 0 aliphatic heterocycles. The summed E-state index contributed by atoms with van der Waals surface area (Å²) in [7, 11) is -3.05. The molecule has 1 aromatic heterocycles. The fourth-order valence-electron chi connectivity index (χ4n) is 3.39. The molecule has 1 atom stereocenters. The van der Waals surface area contributed by atoms with Gasteiger partial charge in [-0.05, 0) is 24.3 Å². The lowest BCUT2D eigenvalue weighted by Crippen LogP contribution is -2.99. The van der Waals surface area contributed by atoms with Crippen molar-refractivity contribution in [3.05, 3.63) is 95.8 Å². The van der Waals surface area contributed by atoms with Gasteiger partial charge >= 0.3 is 5.97 Å². The molecule has 168 valence electrons. The summed E-state index contributed by atoms with van der Waals surface area (Å²) in [6.45, 7) is 0. The van der Waals surface area contributed by atoms with E-state index in [1.54, 1.807) is 48.5 Å². The maximum absolute atomic E-state index is 13.7. The van der Waals surface area contributed by atoms with Gasteiger partial charge in [0.2, 0.25) is 9.84 Å². The van der Waals surface area contributed by atoms with Crippen LogP contribution in [0.5, 0.6) is 0 Å². The predicted octanol–water partition coefficient (Wildman–Crippen LogP) is 2.56. The number of nitrogens with zero attached hydrogens (tertiary/aromatic N) is 2. The van der Waals surface area contributed by atoms with Crippen molar-refractivity contribution in [1.82, 2.24) is 9.78 Å². The summed E-state index contributed by atoms with van der Waals surface area (Å²) >= 11 is 0. The minimum Gasteiger partial charge on any atom is -0.595 e. The normalized spacial score (nSPS) is 12.3. The van der Waals surface area contributed by atoms with E-state index in [9.17, 15) is 23.6 Å². The minimum absolute atomic E-state index is 0.00638. The zero-order valence-corrected chi connectivity index (χ0v) is 18.2. The van der Waals surface area contributed by atoms with Crippen LogP contribution in [-0.4, -0.2) is 36.5 Å². The van der Waals surface area contributed by atoms with Crippen LogP contribution in [0.1, 0.15) is 10.5 Å². The number of sulfone groups is 1. The number of rotatable bonds is 6. The molecule has 2 N–H and O–H groups in total. The summed E-state index contributed by atoms with van der Waals surface area (Å²) in [5.74, 6) is -0.914. The van der Waals surface area contributed by atoms with Crippen molar-refractivity contribution in [2.45, 2.75) is 9.79 Å². The number of hydrogen-bond acceptors (Lipinski definition) is 7. The lowest BCUT2D eigenvalue weighted by atomic mass is 10.1. The molecule has 9 nitrogen and oxygen atoms in total. The van der Waals surface area contributed by atoms with Crippen molar-refractivity contribution >= 4 is 21.5 Å². The number of quaternary nitrogens is 1. The molecule has 0 aliphatic rings. The van der Waals surface area contributed by atoms with Crippen LogP contribution < -0.4 is 5.23 Å². The highest BCUT2D eigenvalue weighted by Gasteiger charge is 2.35. The van der Waals surface area contributed by atoms with Crippen molar-refractivity contribution in [2.75, 3.05) is 7.11 Å². The highest BCUT2D eigenvalue weighted by atomic mass is 32.2. The highest BCUT2D eigenvalue weighted by Crippen LogP contribution is 2.36. The average molecular weight is 465 g/mol. The van der Waals surface area contributed by atoms with Gasteiger partial charge in [-0.1, -0.05) is 48.5 Å². The molecule has 0 aliphatic carbocycles. The Hall–Kier alpha value is -3.83. The Kier molecular flexibility index (Phi) is 6.07. The van der Waals surface area contributed by atoms with Crippen molar-refractivity contribution in [1.29, 1.82) is 0 Å². The maximum atomic E-state index is 13.7. The number of ether oxygens (including phenoxy) is 1. The van der Waals surface area contributed by atoms with Gasteiger partial charge in [-0.15, -0.1) is 0 Å². The largest absolute Gasteiger partial charge is 0.595 e.